The Morgan fingerprint density at radius 3 is 2.31 bits per heavy atom. The lowest BCUT2D eigenvalue weighted by Crippen LogP contribution is -2.34. The van der Waals surface area contributed by atoms with Crippen LogP contribution in [0.4, 0.5) is 11.4 Å². The second kappa shape index (κ2) is 13.9. The topological polar surface area (TPSA) is 96.5 Å². The van der Waals surface area contributed by atoms with E-state index >= 15 is 0 Å². The van der Waals surface area contributed by atoms with Crippen molar-refractivity contribution in [1.29, 1.82) is 0 Å². The van der Waals surface area contributed by atoms with Gasteiger partial charge in [0.2, 0.25) is 11.8 Å². The number of hydrogen-bond acceptors (Lipinski definition) is 5. The standard InChI is InChI=1S/C24H29N3O4S/c1-2-8-21(28)25-19-12-6-13-20(17-19)26-24(32)27-22(29)14-15-23(30)31-16-7-11-18-9-4-3-5-10-18/h3-6,9-10,12-13,17H,2,7-8,11,14-16H2,1H3,(H,25,28)(H2,26,27,29,32). The lowest BCUT2D eigenvalue weighted by molar-refractivity contribution is -0.145. The van der Waals surface area contributed by atoms with E-state index in [-0.39, 0.29) is 29.8 Å². The molecule has 2 amide bonds. The maximum atomic E-state index is 12.0. The molecule has 0 aliphatic heterocycles. The van der Waals surface area contributed by atoms with Crippen LogP contribution in [0.25, 0.3) is 0 Å². The number of carbonyl (C=O) groups is 3. The van der Waals surface area contributed by atoms with E-state index in [1.807, 2.05) is 37.3 Å². The van der Waals surface area contributed by atoms with Gasteiger partial charge in [-0.2, -0.15) is 0 Å². The average Bonchev–Trinajstić information content (AvgIpc) is 2.76. The van der Waals surface area contributed by atoms with Gasteiger partial charge in [-0.15, -0.1) is 0 Å². The van der Waals surface area contributed by atoms with Crippen molar-refractivity contribution >= 4 is 46.5 Å². The lowest BCUT2D eigenvalue weighted by atomic mass is 10.1. The molecule has 2 aromatic carbocycles. The molecule has 2 aromatic rings. The van der Waals surface area contributed by atoms with Gasteiger partial charge in [0.15, 0.2) is 5.11 Å². The first-order valence-electron chi connectivity index (χ1n) is 10.7. The van der Waals surface area contributed by atoms with Gasteiger partial charge in [0.05, 0.1) is 13.0 Å². The van der Waals surface area contributed by atoms with Gasteiger partial charge < -0.3 is 20.7 Å². The number of esters is 1. The third-order valence-corrected chi connectivity index (χ3v) is 4.61. The first-order valence-corrected chi connectivity index (χ1v) is 11.1. The second-order valence-corrected chi connectivity index (χ2v) is 7.60. The number of thiocarbonyl (C=S) groups is 1. The number of aryl methyl sites for hydroxylation is 1. The van der Waals surface area contributed by atoms with Crippen LogP contribution in [0.1, 0.15) is 44.6 Å². The molecule has 0 aliphatic rings. The predicted molar refractivity (Wildman–Crippen MR) is 129 cm³/mol. The lowest BCUT2D eigenvalue weighted by Gasteiger charge is -2.11. The summed E-state index contributed by atoms with van der Waals surface area (Å²) in [5.74, 6) is -0.855. The quantitative estimate of drug-likeness (QED) is 0.267. The van der Waals surface area contributed by atoms with Crippen LogP contribution in [0.15, 0.2) is 54.6 Å². The van der Waals surface area contributed by atoms with E-state index in [0.717, 1.165) is 19.3 Å². The Bertz CT molecular complexity index is 918. The number of rotatable bonds is 11. The van der Waals surface area contributed by atoms with Gasteiger partial charge in [-0.3, -0.25) is 14.4 Å². The number of hydrogen-bond donors (Lipinski definition) is 3. The molecule has 0 bridgehead atoms. The molecule has 0 aliphatic carbocycles. The summed E-state index contributed by atoms with van der Waals surface area (Å²) in [4.78, 5) is 35.6. The molecule has 3 N–H and O–H groups in total. The van der Waals surface area contributed by atoms with Gasteiger partial charge in [0.25, 0.3) is 0 Å². The fraction of sp³-hybridized carbons (Fsp3) is 0.333. The first-order chi connectivity index (χ1) is 15.5. The number of benzene rings is 2. The Kier molecular flexibility index (Phi) is 10.9. The zero-order valence-corrected chi connectivity index (χ0v) is 19.0. The molecular formula is C24H29N3O4S. The molecule has 8 heteroatoms. The fourth-order valence-corrected chi connectivity index (χ4v) is 3.10. The third-order valence-electron chi connectivity index (χ3n) is 4.41. The Hall–Kier alpha value is -3.26. The summed E-state index contributed by atoms with van der Waals surface area (Å²) < 4.78 is 5.18. The molecular weight excluding hydrogens is 426 g/mol. The third kappa shape index (κ3) is 10.2. The minimum Gasteiger partial charge on any atom is -0.466 e. The van der Waals surface area contributed by atoms with Crippen molar-refractivity contribution in [3.05, 3.63) is 60.2 Å². The minimum atomic E-state index is -0.414. The van der Waals surface area contributed by atoms with Gasteiger partial charge in [0, 0.05) is 24.2 Å². The van der Waals surface area contributed by atoms with Crippen molar-refractivity contribution in [2.45, 2.75) is 45.4 Å². The predicted octanol–water partition coefficient (Wildman–Crippen LogP) is 4.19. The summed E-state index contributed by atoms with van der Waals surface area (Å²) in [6, 6.07) is 17.0. The van der Waals surface area contributed by atoms with Crippen molar-refractivity contribution in [2.24, 2.45) is 0 Å². The summed E-state index contributed by atoms with van der Waals surface area (Å²) >= 11 is 5.15. The Morgan fingerprint density at radius 2 is 1.59 bits per heavy atom. The van der Waals surface area contributed by atoms with E-state index < -0.39 is 5.97 Å². The van der Waals surface area contributed by atoms with Crippen LogP contribution in [0.5, 0.6) is 0 Å². The van der Waals surface area contributed by atoms with Crippen molar-refractivity contribution in [2.75, 3.05) is 17.2 Å². The van der Waals surface area contributed by atoms with Crippen molar-refractivity contribution in [1.82, 2.24) is 5.32 Å². The van der Waals surface area contributed by atoms with E-state index in [1.54, 1.807) is 24.3 Å². The maximum absolute atomic E-state index is 12.0. The molecule has 0 radical (unpaired) electrons. The highest BCUT2D eigenvalue weighted by atomic mass is 32.1. The summed E-state index contributed by atoms with van der Waals surface area (Å²) in [6.07, 6.45) is 2.74. The van der Waals surface area contributed by atoms with E-state index in [9.17, 15) is 14.4 Å². The molecule has 0 saturated heterocycles. The van der Waals surface area contributed by atoms with E-state index in [1.165, 1.54) is 5.56 Å². The maximum Gasteiger partial charge on any atom is 0.306 e. The van der Waals surface area contributed by atoms with Gasteiger partial charge in [-0.25, -0.2) is 0 Å². The highest BCUT2D eigenvalue weighted by Gasteiger charge is 2.10. The highest BCUT2D eigenvalue weighted by molar-refractivity contribution is 7.80. The molecule has 0 heterocycles. The molecule has 0 fully saturated rings. The van der Waals surface area contributed by atoms with E-state index in [4.69, 9.17) is 17.0 Å². The zero-order valence-electron chi connectivity index (χ0n) is 18.2. The Balaban J connectivity index is 1.64. The molecule has 0 saturated carbocycles. The fourth-order valence-electron chi connectivity index (χ4n) is 2.87. The van der Waals surface area contributed by atoms with Crippen LogP contribution in [0.2, 0.25) is 0 Å². The molecule has 0 atom stereocenters. The highest BCUT2D eigenvalue weighted by Crippen LogP contribution is 2.15. The number of ether oxygens (including phenoxy) is 1. The van der Waals surface area contributed by atoms with Crippen molar-refractivity contribution in [3.63, 3.8) is 0 Å². The smallest absolute Gasteiger partial charge is 0.306 e. The van der Waals surface area contributed by atoms with Crippen LogP contribution < -0.4 is 16.0 Å². The van der Waals surface area contributed by atoms with Crippen molar-refractivity contribution in [3.8, 4) is 0 Å². The summed E-state index contributed by atoms with van der Waals surface area (Å²) in [7, 11) is 0. The van der Waals surface area contributed by atoms with Crippen LogP contribution in [0.3, 0.4) is 0 Å². The molecule has 0 spiro atoms. The number of amides is 2. The van der Waals surface area contributed by atoms with Crippen LogP contribution >= 0.6 is 12.2 Å². The number of nitrogens with one attached hydrogen (secondary N) is 3. The second-order valence-electron chi connectivity index (χ2n) is 7.19. The summed E-state index contributed by atoms with van der Waals surface area (Å²) in [5, 5.41) is 8.35. The molecule has 32 heavy (non-hydrogen) atoms. The Morgan fingerprint density at radius 1 is 0.875 bits per heavy atom. The average molecular weight is 456 g/mol. The van der Waals surface area contributed by atoms with E-state index in [0.29, 0.717) is 24.4 Å². The summed E-state index contributed by atoms with van der Waals surface area (Å²) in [6.45, 7) is 2.25. The van der Waals surface area contributed by atoms with E-state index in [2.05, 4.69) is 16.0 Å². The molecule has 0 unspecified atom stereocenters. The Labute approximate surface area is 193 Å². The van der Waals surface area contributed by atoms with Gasteiger partial charge in [-0.1, -0.05) is 43.3 Å². The molecule has 2 rings (SSSR count). The monoisotopic (exact) mass is 455 g/mol. The van der Waals surface area contributed by atoms with Crippen LogP contribution in [-0.2, 0) is 25.5 Å². The summed E-state index contributed by atoms with van der Waals surface area (Å²) in [5.41, 5.74) is 2.46. The largest absolute Gasteiger partial charge is 0.466 e. The normalized spacial score (nSPS) is 10.2. The van der Waals surface area contributed by atoms with Gasteiger partial charge >= 0.3 is 5.97 Å². The minimum absolute atomic E-state index is 0.0151. The van der Waals surface area contributed by atoms with Crippen LogP contribution in [-0.4, -0.2) is 29.5 Å². The SMILES string of the molecule is CCCC(=O)Nc1cccc(NC(=S)NC(=O)CCC(=O)OCCCc2ccccc2)c1. The van der Waals surface area contributed by atoms with Crippen LogP contribution in [0, 0.1) is 0 Å². The van der Waals surface area contributed by atoms with Gasteiger partial charge in [-0.05, 0) is 55.2 Å². The zero-order chi connectivity index (χ0) is 23.2. The van der Waals surface area contributed by atoms with Gasteiger partial charge in [0.1, 0.15) is 0 Å². The number of carbonyl (C=O) groups excluding carboxylic acids is 3. The first kappa shape index (κ1) is 25.0. The molecule has 170 valence electrons. The molecule has 7 nitrogen and oxygen atoms in total. The number of anilines is 2. The molecule has 0 aromatic heterocycles. The van der Waals surface area contributed by atoms with Crippen molar-refractivity contribution < 1.29 is 19.1 Å².